The Balaban J connectivity index is 1.75. The van der Waals surface area contributed by atoms with Gasteiger partial charge in [-0.05, 0) is 42.5 Å². The Kier molecular flexibility index (Phi) is 4.60. The van der Waals surface area contributed by atoms with Crippen molar-refractivity contribution >= 4 is 33.2 Å². The lowest BCUT2D eigenvalue weighted by Gasteiger charge is -2.11. The summed E-state index contributed by atoms with van der Waals surface area (Å²) in [5, 5.41) is 7.74. The second kappa shape index (κ2) is 6.96. The van der Waals surface area contributed by atoms with Crippen molar-refractivity contribution in [3.05, 3.63) is 70.4 Å². The fourth-order valence-corrected chi connectivity index (χ4v) is 4.77. The molecule has 4 rings (SSSR count). The maximum absolute atomic E-state index is 12.8. The van der Waals surface area contributed by atoms with Crippen molar-refractivity contribution < 1.29 is 17.9 Å². The van der Waals surface area contributed by atoms with Gasteiger partial charge in [-0.25, -0.2) is 13.1 Å². The molecule has 0 radical (unpaired) electrons. The van der Waals surface area contributed by atoms with Crippen LogP contribution in [0.4, 0.5) is 5.82 Å². The van der Waals surface area contributed by atoms with Crippen molar-refractivity contribution in [3.8, 4) is 11.4 Å². The van der Waals surface area contributed by atoms with Gasteiger partial charge in [0.05, 0.1) is 30.0 Å². The fraction of sp³-hybridized carbons (Fsp3) is 0.158. The van der Waals surface area contributed by atoms with Crippen molar-refractivity contribution in [2.24, 2.45) is 0 Å². The van der Waals surface area contributed by atoms with E-state index < -0.39 is 9.84 Å². The van der Waals surface area contributed by atoms with Gasteiger partial charge in [0.15, 0.2) is 9.84 Å². The maximum atomic E-state index is 12.8. The van der Waals surface area contributed by atoms with Crippen LogP contribution in [0.25, 0.3) is 5.69 Å². The molecule has 0 aliphatic carbocycles. The van der Waals surface area contributed by atoms with Crippen molar-refractivity contribution in [1.29, 1.82) is 0 Å². The maximum Gasteiger partial charge on any atom is 0.256 e. The molecule has 0 unspecified atom stereocenters. The highest BCUT2D eigenvalue weighted by Gasteiger charge is 2.33. The lowest BCUT2D eigenvalue weighted by Crippen LogP contribution is -2.17. The van der Waals surface area contributed by atoms with E-state index in [-0.39, 0.29) is 17.4 Å². The SMILES string of the molecule is COc1ccc(C(=O)Nc2c3c(nn2-c2cccc(Cl)c2)CS(=O)(=O)C3)cc1. The summed E-state index contributed by atoms with van der Waals surface area (Å²) >= 11 is 6.08. The van der Waals surface area contributed by atoms with Crippen LogP contribution in [0, 0.1) is 0 Å². The van der Waals surface area contributed by atoms with Gasteiger partial charge in [0.1, 0.15) is 11.6 Å². The van der Waals surface area contributed by atoms with E-state index in [2.05, 4.69) is 10.4 Å². The number of fused-ring (bicyclic) bond motifs is 1. The van der Waals surface area contributed by atoms with Crippen LogP contribution >= 0.6 is 11.6 Å². The highest BCUT2D eigenvalue weighted by Crippen LogP contribution is 2.33. The number of amides is 1. The average Bonchev–Trinajstić information content (AvgIpc) is 3.14. The van der Waals surface area contributed by atoms with E-state index in [1.165, 1.54) is 4.68 Å². The Labute approximate surface area is 166 Å². The van der Waals surface area contributed by atoms with E-state index in [1.807, 2.05) is 0 Å². The Morgan fingerprint density at radius 2 is 1.93 bits per heavy atom. The van der Waals surface area contributed by atoms with E-state index in [9.17, 15) is 13.2 Å². The highest BCUT2D eigenvalue weighted by atomic mass is 35.5. The van der Waals surface area contributed by atoms with Gasteiger partial charge in [0.2, 0.25) is 0 Å². The summed E-state index contributed by atoms with van der Waals surface area (Å²) in [6, 6.07) is 13.6. The van der Waals surface area contributed by atoms with Crippen LogP contribution in [0.1, 0.15) is 21.6 Å². The number of halogens is 1. The first-order valence-corrected chi connectivity index (χ1v) is 10.6. The standard InChI is InChI=1S/C19H16ClN3O4S/c1-27-15-7-5-12(6-8-15)19(24)21-18-16-10-28(25,26)11-17(16)22-23(18)14-4-2-3-13(20)9-14/h2-9H,10-11H2,1H3,(H,21,24). The molecule has 1 aliphatic rings. The number of methoxy groups -OCH3 is 1. The molecule has 1 aliphatic heterocycles. The molecule has 2 heterocycles. The highest BCUT2D eigenvalue weighted by molar-refractivity contribution is 7.90. The van der Waals surface area contributed by atoms with Gasteiger partial charge in [0.25, 0.3) is 5.91 Å². The van der Waals surface area contributed by atoms with E-state index in [1.54, 1.807) is 55.6 Å². The minimum absolute atomic E-state index is 0.151. The Morgan fingerprint density at radius 1 is 1.18 bits per heavy atom. The number of nitrogens with zero attached hydrogens (tertiary/aromatic N) is 2. The summed E-state index contributed by atoms with van der Waals surface area (Å²) in [5.41, 5.74) is 1.98. The number of benzene rings is 2. The van der Waals surface area contributed by atoms with Crippen LogP contribution < -0.4 is 10.1 Å². The lowest BCUT2D eigenvalue weighted by atomic mass is 10.2. The zero-order valence-electron chi connectivity index (χ0n) is 14.8. The molecule has 2 aromatic carbocycles. The number of aromatic nitrogens is 2. The first kappa shape index (κ1) is 18.5. The summed E-state index contributed by atoms with van der Waals surface area (Å²) < 4.78 is 30.7. The summed E-state index contributed by atoms with van der Waals surface area (Å²) in [4.78, 5) is 12.8. The summed E-state index contributed by atoms with van der Waals surface area (Å²) in [6.45, 7) is 0. The molecule has 0 saturated heterocycles. The van der Waals surface area contributed by atoms with E-state index in [4.69, 9.17) is 16.3 Å². The van der Waals surface area contributed by atoms with Crippen molar-refractivity contribution in [1.82, 2.24) is 9.78 Å². The topological polar surface area (TPSA) is 90.3 Å². The van der Waals surface area contributed by atoms with Gasteiger partial charge in [-0.1, -0.05) is 17.7 Å². The summed E-state index contributed by atoms with van der Waals surface area (Å²) in [5.74, 6) is 0.271. The average molecular weight is 418 g/mol. The molecule has 1 aromatic heterocycles. The number of hydrogen-bond acceptors (Lipinski definition) is 5. The molecule has 1 N–H and O–H groups in total. The van der Waals surface area contributed by atoms with Gasteiger partial charge in [-0.2, -0.15) is 5.10 Å². The molecule has 0 saturated carbocycles. The molecular formula is C19H16ClN3O4S. The van der Waals surface area contributed by atoms with Gasteiger partial charge in [0, 0.05) is 16.1 Å². The second-order valence-electron chi connectivity index (χ2n) is 6.38. The molecule has 0 atom stereocenters. The zero-order chi connectivity index (χ0) is 19.9. The molecule has 7 nitrogen and oxygen atoms in total. The lowest BCUT2D eigenvalue weighted by molar-refractivity contribution is 0.102. The first-order chi connectivity index (χ1) is 13.4. The van der Waals surface area contributed by atoms with Crippen molar-refractivity contribution in [2.75, 3.05) is 12.4 Å². The molecule has 3 aromatic rings. The number of sulfone groups is 1. The number of hydrogen-bond donors (Lipinski definition) is 1. The fourth-order valence-electron chi connectivity index (χ4n) is 3.09. The van der Waals surface area contributed by atoms with Crippen LogP contribution in [0.5, 0.6) is 5.75 Å². The monoisotopic (exact) mass is 417 g/mol. The molecule has 1 amide bonds. The molecular weight excluding hydrogens is 402 g/mol. The molecule has 0 bridgehead atoms. The van der Waals surface area contributed by atoms with Gasteiger partial charge >= 0.3 is 0 Å². The van der Waals surface area contributed by atoms with Crippen molar-refractivity contribution in [3.63, 3.8) is 0 Å². The van der Waals surface area contributed by atoms with Crippen LogP contribution in [0.15, 0.2) is 48.5 Å². The minimum Gasteiger partial charge on any atom is -0.497 e. The van der Waals surface area contributed by atoms with E-state index in [0.29, 0.717) is 39.1 Å². The largest absolute Gasteiger partial charge is 0.497 e. The number of carbonyl (C=O) groups excluding carboxylic acids is 1. The number of nitrogens with one attached hydrogen (secondary N) is 1. The van der Waals surface area contributed by atoms with Crippen LogP contribution in [-0.2, 0) is 21.3 Å². The summed E-state index contributed by atoms with van der Waals surface area (Å²) in [7, 11) is -1.73. The second-order valence-corrected chi connectivity index (χ2v) is 8.88. The number of anilines is 1. The van der Waals surface area contributed by atoms with E-state index >= 15 is 0 Å². The van der Waals surface area contributed by atoms with Crippen LogP contribution in [-0.4, -0.2) is 31.2 Å². The Hall–Kier alpha value is -2.84. The first-order valence-electron chi connectivity index (χ1n) is 8.39. The van der Waals surface area contributed by atoms with Crippen molar-refractivity contribution in [2.45, 2.75) is 11.5 Å². The molecule has 28 heavy (non-hydrogen) atoms. The quantitative estimate of drug-likeness (QED) is 0.703. The third-order valence-corrected chi connectivity index (χ3v) is 6.10. The smallest absolute Gasteiger partial charge is 0.256 e. The van der Waals surface area contributed by atoms with Crippen LogP contribution in [0.2, 0.25) is 5.02 Å². The molecule has 9 heteroatoms. The van der Waals surface area contributed by atoms with E-state index in [0.717, 1.165) is 0 Å². The third kappa shape index (κ3) is 3.48. The number of carbonyl (C=O) groups is 1. The van der Waals surface area contributed by atoms with Crippen LogP contribution in [0.3, 0.4) is 0 Å². The molecule has 144 valence electrons. The Bertz CT molecular complexity index is 1170. The van der Waals surface area contributed by atoms with Gasteiger partial charge in [-0.3, -0.25) is 4.79 Å². The van der Waals surface area contributed by atoms with Gasteiger partial charge < -0.3 is 10.1 Å². The predicted molar refractivity (Wildman–Crippen MR) is 106 cm³/mol. The molecule has 0 spiro atoms. The Morgan fingerprint density at radius 3 is 2.61 bits per heavy atom. The minimum atomic E-state index is -3.27. The normalized spacial score (nSPS) is 14.5. The predicted octanol–water partition coefficient (Wildman–Crippen LogP) is 3.22. The summed E-state index contributed by atoms with van der Waals surface area (Å²) in [6.07, 6.45) is 0. The molecule has 0 fully saturated rings. The number of ether oxygens (including phenoxy) is 1. The van der Waals surface area contributed by atoms with Gasteiger partial charge in [-0.15, -0.1) is 0 Å². The number of rotatable bonds is 4. The third-order valence-electron chi connectivity index (χ3n) is 4.42. The zero-order valence-corrected chi connectivity index (χ0v) is 16.4.